The number of hydrogen-bond acceptors (Lipinski definition) is 5. The number of nitrogens with zero attached hydrogens (tertiary/aromatic N) is 1. The number of carbonyl (C=O) groups is 3. The topological polar surface area (TPSA) is 108 Å². The number of likely N-dealkylation sites (N-methyl/N-ethyl adjacent to an activating group) is 1. The maximum atomic E-state index is 13.4. The van der Waals surface area contributed by atoms with E-state index in [0.717, 1.165) is 36.8 Å². The van der Waals surface area contributed by atoms with Crippen molar-refractivity contribution in [1.29, 1.82) is 0 Å². The first kappa shape index (κ1) is 26.6. The second-order valence-corrected chi connectivity index (χ2v) is 10.00. The fourth-order valence-corrected chi connectivity index (χ4v) is 4.25. The van der Waals surface area contributed by atoms with Crippen LogP contribution in [0.3, 0.4) is 0 Å². The van der Waals surface area contributed by atoms with Gasteiger partial charge >= 0.3 is 6.09 Å². The molecule has 0 saturated heterocycles. The van der Waals surface area contributed by atoms with Gasteiger partial charge in [0.15, 0.2) is 0 Å². The predicted octanol–water partition coefficient (Wildman–Crippen LogP) is 3.14. The van der Waals surface area contributed by atoms with Crippen LogP contribution in [0.15, 0.2) is 18.2 Å². The highest BCUT2D eigenvalue weighted by molar-refractivity contribution is 5.92. The number of alkyl carbamates (subject to hydrolysis) is 1. The van der Waals surface area contributed by atoms with Crippen LogP contribution in [0.1, 0.15) is 75.6 Å². The summed E-state index contributed by atoms with van der Waals surface area (Å²) in [6.45, 7) is 8.39. The number of rotatable bonds is 7. The molecule has 1 aliphatic rings. The summed E-state index contributed by atoms with van der Waals surface area (Å²) in [5.41, 5.74) is 1.89. The Balaban J connectivity index is 2.28. The van der Waals surface area contributed by atoms with Crippen LogP contribution in [0.5, 0.6) is 0 Å². The summed E-state index contributed by atoms with van der Waals surface area (Å²) in [5.74, 6) is -0.844. The van der Waals surface area contributed by atoms with Crippen molar-refractivity contribution in [3.63, 3.8) is 0 Å². The van der Waals surface area contributed by atoms with E-state index in [9.17, 15) is 19.5 Å². The molecule has 2 unspecified atom stereocenters. The number of amides is 3. The van der Waals surface area contributed by atoms with E-state index < -0.39 is 36.3 Å². The second kappa shape index (κ2) is 11.5. The molecule has 1 aromatic rings. The highest BCUT2D eigenvalue weighted by Crippen LogP contribution is 2.25. The SMILES string of the molecule is Cc1cc(C)cc(C(C(=O)NC2CCCCC2)N(C)C(=O)C(CO)NC(=O)OC(C)(C)C)c1. The van der Waals surface area contributed by atoms with Crippen LogP contribution in [0.25, 0.3) is 0 Å². The molecule has 1 saturated carbocycles. The largest absolute Gasteiger partial charge is 0.444 e. The maximum Gasteiger partial charge on any atom is 0.408 e. The number of ether oxygens (including phenoxy) is 1. The lowest BCUT2D eigenvalue weighted by atomic mass is 9.94. The van der Waals surface area contributed by atoms with Crippen molar-refractivity contribution >= 4 is 17.9 Å². The molecule has 0 aromatic heterocycles. The molecule has 0 heterocycles. The summed E-state index contributed by atoms with van der Waals surface area (Å²) in [6, 6.07) is 3.72. The minimum Gasteiger partial charge on any atom is -0.444 e. The van der Waals surface area contributed by atoms with Gasteiger partial charge in [-0.25, -0.2) is 4.79 Å². The molecule has 8 nitrogen and oxygen atoms in total. The summed E-state index contributed by atoms with van der Waals surface area (Å²) in [5, 5.41) is 15.3. The van der Waals surface area contributed by atoms with Gasteiger partial charge in [-0.05, 0) is 53.0 Å². The highest BCUT2D eigenvalue weighted by Gasteiger charge is 2.35. The zero-order valence-corrected chi connectivity index (χ0v) is 20.7. The summed E-state index contributed by atoms with van der Waals surface area (Å²) < 4.78 is 5.21. The molecule has 1 fully saturated rings. The van der Waals surface area contributed by atoms with Crippen LogP contribution >= 0.6 is 0 Å². The molecule has 2 rings (SSSR count). The summed E-state index contributed by atoms with van der Waals surface area (Å²) >= 11 is 0. The number of aliphatic hydroxyl groups is 1. The Hall–Kier alpha value is -2.61. The Bertz CT molecular complexity index is 823. The van der Waals surface area contributed by atoms with E-state index >= 15 is 0 Å². The minimum atomic E-state index is -1.24. The van der Waals surface area contributed by atoms with Crippen LogP contribution in [0.2, 0.25) is 0 Å². The van der Waals surface area contributed by atoms with Crippen molar-refractivity contribution in [2.45, 2.75) is 90.4 Å². The fourth-order valence-electron chi connectivity index (χ4n) is 4.25. The van der Waals surface area contributed by atoms with Gasteiger partial charge in [0, 0.05) is 13.1 Å². The zero-order valence-electron chi connectivity index (χ0n) is 20.7. The van der Waals surface area contributed by atoms with E-state index in [-0.39, 0.29) is 11.9 Å². The molecular weight excluding hydrogens is 422 g/mol. The Morgan fingerprint density at radius 3 is 2.18 bits per heavy atom. The highest BCUT2D eigenvalue weighted by atomic mass is 16.6. The Morgan fingerprint density at radius 2 is 1.67 bits per heavy atom. The summed E-state index contributed by atoms with van der Waals surface area (Å²) in [7, 11) is 1.52. The third kappa shape index (κ3) is 8.03. The van der Waals surface area contributed by atoms with Gasteiger partial charge in [-0.1, -0.05) is 48.6 Å². The standard InChI is InChI=1S/C25H39N3O5/c1-16-12-17(2)14-18(13-16)21(22(30)26-19-10-8-7-9-11-19)28(6)23(31)20(15-29)27-24(32)33-25(3,4)5/h12-14,19-21,29H,7-11,15H2,1-6H3,(H,26,30)(H,27,32). The molecule has 3 N–H and O–H groups in total. The molecule has 0 radical (unpaired) electrons. The van der Waals surface area contributed by atoms with E-state index in [2.05, 4.69) is 10.6 Å². The first-order valence-electron chi connectivity index (χ1n) is 11.7. The normalized spacial score (nSPS) is 16.5. The second-order valence-electron chi connectivity index (χ2n) is 10.00. The molecule has 0 spiro atoms. The van der Waals surface area contributed by atoms with Gasteiger partial charge < -0.3 is 25.4 Å². The van der Waals surface area contributed by atoms with Gasteiger partial charge in [-0.3, -0.25) is 9.59 Å². The Labute approximate surface area is 197 Å². The van der Waals surface area contributed by atoms with Gasteiger partial charge in [0.25, 0.3) is 0 Å². The van der Waals surface area contributed by atoms with Crippen LogP contribution in [-0.4, -0.2) is 59.3 Å². The number of benzene rings is 1. The Morgan fingerprint density at radius 1 is 1.09 bits per heavy atom. The number of aryl methyl sites for hydroxylation is 2. The van der Waals surface area contributed by atoms with E-state index in [1.807, 2.05) is 32.0 Å². The molecular formula is C25H39N3O5. The lowest BCUT2D eigenvalue weighted by molar-refractivity contribution is -0.141. The summed E-state index contributed by atoms with van der Waals surface area (Å²) in [6.07, 6.45) is 4.34. The zero-order chi connectivity index (χ0) is 24.8. The summed E-state index contributed by atoms with van der Waals surface area (Å²) in [4.78, 5) is 40.2. The third-order valence-electron chi connectivity index (χ3n) is 5.67. The first-order chi connectivity index (χ1) is 15.4. The van der Waals surface area contributed by atoms with Crippen LogP contribution in [0, 0.1) is 13.8 Å². The van der Waals surface area contributed by atoms with Crippen molar-refractivity contribution in [2.24, 2.45) is 0 Å². The van der Waals surface area contributed by atoms with Crippen molar-refractivity contribution < 1.29 is 24.2 Å². The molecule has 2 atom stereocenters. The number of carbonyl (C=O) groups excluding carboxylic acids is 3. The average Bonchev–Trinajstić information content (AvgIpc) is 2.70. The van der Waals surface area contributed by atoms with E-state index in [4.69, 9.17) is 4.74 Å². The van der Waals surface area contributed by atoms with E-state index in [1.165, 1.54) is 18.4 Å². The van der Waals surface area contributed by atoms with Gasteiger partial charge in [0.05, 0.1) is 6.61 Å². The molecule has 3 amide bonds. The average molecular weight is 462 g/mol. The molecule has 33 heavy (non-hydrogen) atoms. The van der Waals surface area contributed by atoms with Crippen LogP contribution < -0.4 is 10.6 Å². The predicted molar refractivity (Wildman–Crippen MR) is 127 cm³/mol. The lowest BCUT2D eigenvalue weighted by Crippen LogP contribution is -2.53. The van der Waals surface area contributed by atoms with Gasteiger partial charge in [-0.2, -0.15) is 0 Å². The monoisotopic (exact) mass is 461 g/mol. The quantitative estimate of drug-likeness (QED) is 0.578. The number of nitrogens with one attached hydrogen (secondary N) is 2. The number of hydrogen-bond donors (Lipinski definition) is 3. The molecule has 184 valence electrons. The third-order valence-corrected chi connectivity index (χ3v) is 5.67. The first-order valence-corrected chi connectivity index (χ1v) is 11.7. The fraction of sp³-hybridized carbons (Fsp3) is 0.640. The van der Waals surface area contributed by atoms with Crippen molar-refractivity contribution in [3.05, 3.63) is 34.9 Å². The van der Waals surface area contributed by atoms with Gasteiger partial charge in [0.1, 0.15) is 17.7 Å². The van der Waals surface area contributed by atoms with Crippen LogP contribution in [-0.2, 0) is 14.3 Å². The van der Waals surface area contributed by atoms with Crippen molar-refractivity contribution in [3.8, 4) is 0 Å². The van der Waals surface area contributed by atoms with E-state index in [0.29, 0.717) is 5.56 Å². The molecule has 0 aliphatic heterocycles. The van der Waals surface area contributed by atoms with Crippen molar-refractivity contribution in [1.82, 2.24) is 15.5 Å². The molecule has 1 aromatic carbocycles. The Kier molecular flexibility index (Phi) is 9.28. The lowest BCUT2D eigenvalue weighted by Gasteiger charge is -2.33. The molecule has 8 heteroatoms. The van der Waals surface area contributed by atoms with Gasteiger partial charge in [0.2, 0.25) is 11.8 Å². The smallest absolute Gasteiger partial charge is 0.408 e. The maximum absolute atomic E-state index is 13.4. The van der Waals surface area contributed by atoms with Crippen LogP contribution in [0.4, 0.5) is 4.79 Å². The minimum absolute atomic E-state index is 0.0803. The molecule has 0 bridgehead atoms. The van der Waals surface area contributed by atoms with Gasteiger partial charge in [-0.15, -0.1) is 0 Å². The molecule has 1 aliphatic carbocycles. The van der Waals surface area contributed by atoms with Crippen molar-refractivity contribution in [2.75, 3.05) is 13.7 Å². The number of aliphatic hydroxyl groups excluding tert-OH is 1. The van der Waals surface area contributed by atoms with E-state index in [1.54, 1.807) is 20.8 Å².